The van der Waals surface area contributed by atoms with Crippen LogP contribution >= 0.6 is 11.8 Å². The van der Waals surface area contributed by atoms with Gasteiger partial charge in [0.1, 0.15) is 5.76 Å². The Morgan fingerprint density at radius 2 is 1.88 bits per heavy atom. The van der Waals surface area contributed by atoms with Crippen LogP contribution in [-0.4, -0.2) is 32.3 Å². The zero-order valence-electron chi connectivity index (χ0n) is 17.3. The number of carbonyl (C=O) groups is 2. The SMILES string of the molecule is Cn1c(SCC(=O)NCc2ccco2)nnc1-c1cccc(NC(=O)c2ccccc2)c1. The first kappa shape index (κ1) is 21.4. The van der Waals surface area contributed by atoms with Crippen LogP contribution in [0.4, 0.5) is 5.69 Å². The molecule has 2 N–H and O–H groups in total. The van der Waals surface area contributed by atoms with Gasteiger partial charge in [0.15, 0.2) is 11.0 Å². The molecule has 0 atom stereocenters. The third-order valence-corrected chi connectivity index (χ3v) is 5.64. The summed E-state index contributed by atoms with van der Waals surface area (Å²) < 4.78 is 7.02. The van der Waals surface area contributed by atoms with Crippen molar-refractivity contribution in [2.45, 2.75) is 11.7 Å². The zero-order chi connectivity index (χ0) is 22.3. The molecule has 9 heteroatoms. The third kappa shape index (κ3) is 5.25. The van der Waals surface area contributed by atoms with Crippen molar-refractivity contribution in [1.82, 2.24) is 20.1 Å². The highest BCUT2D eigenvalue weighted by Crippen LogP contribution is 2.25. The quantitative estimate of drug-likeness (QED) is 0.399. The Balaban J connectivity index is 1.38. The van der Waals surface area contributed by atoms with E-state index in [0.29, 0.717) is 34.5 Å². The molecule has 162 valence electrons. The van der Waals surface area contributed by atoms with Crippen molar-refractivity contribution in [2.24, 2.45) is 7.05 Å². The third-order valence-electron chi connectivity index (χ3n) is 4.62. The fourth-order valence-corrected chi connectivity index (χ4v) is 3.74. The van der Waals surface area contributed by atoms with Crippen LogP contribution in [0.25, 0.3) is 11.4 Å². The van der Waals surface area contributed by atoms with Crippen molar-refractivity contribution in [1.29, 1.82) is 0 Å². The Kier molecular flexibility index (Phi) is 6.66. The first-order chi connectivity index (χ1) is 15.6. The molecular formula is C23H21N5O3S. The second-order valence-corrected chi connectivity index (χ2v) is 7.85. The fourth-order valence-electron chi connectivity index (χ4n) is 3.00. The smallest absolute Gasteiger partial charge is 0.255 e. The van der Waals surface area contributed by atoms with Crippen molar-refractivity contribution in [3.05, 3.63) is 84.3 Å². The number of aromatic nitrogens is 3. The molecule has 2 aromatic heterocycles. The summed E-state index contributed by atoms with van der Waals surface area (Å²) in [6.07, 6.45) is 1.57. The standard InChI is InChI=1S/C23H21N5O3S/c1-28-21(26-27-23(28)32-15-20(29)24-14-19-11-6-12-31-19)17-9-5-10-18(13-17)25-22(30)16-7-3-2-4-8-16/h2-13H,14-15H2,1H3,(H,24,29)(H,25,30). The molecule has 2 heterocycles. The molecule has 0 unspecified atom stereocenters. The molecular weight excluding hydrogens is 426 g/mol. The van der Waals surface area contributed by atoms with Gasteiger partial charge in [0.2, 0.25) is 5.91 Å². The molecule has 0 bridgehead atoms. The summed E-state index contributed by atoms with van der Waals surface area (Å²) in [6, 6.07) is 20.0. The monoisotopic (exact) mass is 447 g/mol. The van der Waals surface area contributed by atoms with E-state index < -0.39 is 0 Å². The van der Waals surface area contributed by atoms with Gasteiger partial charge in [0.25, 0.3) is 5.91 Å². The predicted octanol–water partition coefficient (Wildman–Crippen LogP) is 3.74. The predicted molar refractivity (Wildman–Crippen MR) is 122 cm³/mol. The molecule has 4 rings (SSSR count). The second-order valence-electron chi connectivity index (χ2n) is 6.91. The van der Waals surface area contributed by atoms with Crippen molar-refractivity contribution in [3.8, 4) is 11.4 Å². The van der Waals surface area contributed by atoms with Crippen molar-refractivity contribution >= 4 is 29.3 Å². The molecule has 2 aromatic carbocycles. The van der Waals surface area contributed by atoms with Gasteiger partial charge in [-0.15, -0.1) is 10.2 Å². The Morgan fingerprint density at radius 1 is 1.03 bits per heavy atom. The first-order valence-electron chi connectivity index (χ1n) is 9.88. The first-order valence-corrected chi connectivity index (χ1v) is 10.9. The maximum atomic E-state index is 12.4. The minimum Gasteiger partial charge on any atom is -0.467 e. The van der Waals surface area contributed by atoms with Crippen LogP contribution in [0.2, 0.25) is 0 Å². The summed E-state index contributed by atoms with van der Waals surface area (Å²) in [5.74, 6) is 1.24. The van der Waals surface area contributed by atoms with Crippen LogP contribution < -0.4 is 10.6 Å². The van der Waals surface area contributed by atoms with Gasteiger partial charge in [-0.2, -0.15) is 0 Å². The normalized spacial score (nSPS) is 10.7. The van der Waals surface area contributed by atoms with E-state index in [1.54, 1.807) is 30.5 Å². The molecule has 0 spiro atoms. The van der Waals surface area contributed by atoms with Gasteiger partial charge in [-0.05, 0) is 36.4 Å². The summed E-state index contributed by atoms with van der Waals surface area (Å²) >= 11 is 1.30. The number of hydrogen-bond acceptors (Lipinski definition) is 6. The van der Waals surface area contributed by atoms with Gasteiger partial charge in [-0.3, -0.25) is 9.59 Å². The largest absolute Gasteiger partial charge is 0.467 e. The lowest BCUT2D eigenvalue weighted by atomic mass is 10.1. The number of benzene rings is 2. The Bertz CT molecular complexity index is 1210. The lowest BCUT2D eigenvalue weighted by Crippen LogP contribution is -2.24. The highest BCUT2D eigenvalue weighted by atomic mass is 32.2. The van der Waals surface area contributed by atoms with Crippen molar-refractivity contribution in [2.75, 3.05) is 11.1 Å². The van der Waals surface area contributed by atoms with E-state index in [0.717, 1.165) is 5.56 Å². The van der Waals surface area contributed by atoms with E-state index in [1.165, 1.54) is 11.8 Å². The van der Waals surface area contributed by atoms with E-state index in [2.05, 4.69) is 20.8 Å². The molecule has 0 fully saturated rings. The van der Waals surface area contributed by atoms with Crippen molar-refractivity contribution < 1.29 is 14.0 Å². The number of carbonyl (C=O) groups excluding carboxylic acids is 2. The van der Waals surface area contributed by atoms with E-state index in [9.17, 15) is 9.59 Å². The number of nitrogens with one attached hydrogen (secondary N) is 2. The van der Waals surface area contributed by atoms with Crippen LogP contribution in [-0.2, 0) is 18.4 Å². The summed E-state index contributed by atoms with van der Waals surface area (Å²) in [4.78, 5) is 24.5. The summed E-state index contributed by atoms with van der Waals surface area (Å²) in [7, 11) is 1.84. The number of amides is 2. The van der Waals surface area contributed by atoms with E-state index >= 15 is 0 Å². The average molecular weight is 448 g/mol. The van der Waals surface area contributed by atoms with Crippen LogP contribution in [0.5, 0.6) is 0 Å². The van der Waals surface area contributed by atoms with E-state index in [1.807, 2.05) is 54.1 Å². The maximum Gasteiger partial charge on any atom is 0.255 e. The molecule has 4 aromatic rings. The average Bonchev–Trinajstić information content (AvgIpc) is 3.47. The molecule has 32 heavy (non-hydrogen) atoms. The van der Waals surface area contributed by atoms with Gasteiger partial charge in [-0.25, -0.2) is 0 Å². The number of thioether (sulfide) groups is 1. The van der Waals surface area contributed by atoms with Gasteiger partial charge in [-0.1, -0.05) is 42.1 Å². The van der Waals surface area contributed by atoms with Gasteiger partial charge < -0.3 is 19.6 Å². The van der Waals surface area contributed by atoms with Crippen LogP contribution in [0, 0.1) is 0 Å². The lowest BCUT2D eigenvalue weighted by molar-refractivity contribution is -0.118. The van der Waals surface area contributed by atoms with Gasteiger partial charge >= 0.3 is 0 Å². The summed E-state index contributed by atoms with van der Waals surface area (Å²) in [5, 5.41) is 14.8. The molecule has 0 aliphatic rings. The van der Waals surface area contributed by atoms with Crippen LogP contribution in [0.1, 0.15) is 16.1 Å². The number of anilines is 1. The molecule has 0 aliphatic heterocycles. The number of nitrogens with zero attached hydrogens (tertiary/aromatic N) is 3. The summed E-state index contributed by atoms with van der Waals surface area (Å²) in [5.41, 5.74) is 2.05. The minimum absolute atomic E-state index is 0.124. The van der Waals surface area contributed by atoms with Crippen LogP contribution in [0.15, 0.2) is 82.6 Å². The Morgan fingerprint density at radius 3 is 2.66 bits per heavy atom. The lowest BCUT2D eigenvalue weighted by Gasteiger charge is -2.08. The topological polar surface area (TPSA) is 102 Å². The summed E-state index contributed by atoms with van der Waals surface area (Å²) in [6.45, 7) is 0.345. The number of hydrogen-bond donors (Lipinski definition) is 2. The molecule has 0 radical (unpaired) electrons. The molecule has 0 saturated heterocycles. The highest BCUT2D eigenvalue weighted by molar-refractivity contribution is 7.99. The minimum atomic E-state index is -0.183. The highest BCUT2D eigenvalue weighted by Gasteiger charge is 2.14. The number of rotatable bonds is 8. The van der Waals surface area contributed by atoms with E-state index in [-0.39, 0.29) is 17.6 Å². The second kappa shape index (κ2) is 9.97. The molecule has 0 saturated carbocycles. The maximum absolute atomic E-state index is 12.4. The number of furan rings is 1. The van der Waals surface area contributed by atoms with Gasteiger partial charge in [0, 0.05) is 23.9 Å². The van der Waals surface area contributed by atoms with Crippen molar-refractivity contribution in [3.63, 3.8) is 0 Å². The Labute approximate surface area is 189 Å². The molecule has 8 nitrogen and oxygen atoms in total. The van der Waals surface area contributed by atoms with Gasteiger partial charge in [0.05, 0.1) is 18.6 Å². The van der Waals surface area contributed by atoms with E-state index in [4.69, 9.17) is 4.42 Å². The Hall–Kier alpha value is -3.85. The molecule has 0 aliphatic carbocycles. The fraction of sp³-hybridized carbons (Fsp3) is 0.130. The molecule has 2 amide bonds. The zero-order valence-corrected chi connectivity index (χ0v) is 18.1. The van der Waals surface area contributed by atoms with Crippen LogP contribution in [0.3, 0.4) is 0 Å².